The number of amides is 1. The molecule has 9 heteroatoms. The lowest BCUT2D eigenvalue weighted by molar-refractivity contribution is -0.111. The van der Waals surface area contributed by atoms with Gasteiger partial charge in [0, 0.05) is 6.08 Å². The Balaban J connectivity index is 1.29. The van der Waals surface area contributed by atoms with E-state index in [0.717, 1.165) is 17.7 Å². The smallest absolute Gasteiger partial charge is 0.248 e. The Morgan fingerprint density at radius 3 is 2.89 bits per heavy atom. The maximum Gasteiger partial charge on any atom is 0.248 e. The molecule has 0 saturated heterocycles. The zero-order chi connectivity index (χ0) is 24.3. The summed E-state index contributed by atoms with van der Waals surface area (Å²) < 4.78 is 17.5. The molecule has 0 spiro atoms. The molecule has 4 rings (SSSR count). The van der Waals surface area contributed by atoms with Gasteiger partial charge in [-0.25, -0.2) is 0 Å². The Labute approximate surface area is 204 Å². The number of carbonyl (C=O) groups excluding carboxylic acids is 1. The van der Waals surface area contributed by atoms with Crippen LogP contribution in [0.1, 0.15) is 50.1 Å². The third kappa shape index (κ3) is 6.92. The monoisotopic (exact) mass is 475 g/mol. The molecule has 1 aromatic heterocycles. The number of H-pyrrole nitrogens is 1. The number of nitrogens with zero attached hydrogens (tertiary/aromatic N) is 3. The number of tetrazole rings is 1. The van der Waals surface area contributed by atoms with Crippen molar-refractivity contribution < 1.29 is 19.0 Å². The van der Waals surface area contributed by atoms with E-state index in [1.165, 1.54) is 25.3 Å². The molecule has 1 atom stereocenters. The summed E-state index contributed by atoms with van der Waals surface area (Å²) in [5.74, 6) is 1.84. The van der Waals surface area contributed by atoms with Crippen LogP contribution in [0.15, 0.2) is 60.7 Å². The average molecular weight is 476 g/mol. The highest BCUT2D eigenvalue weighted by Crippen LogP contribution is 2.41. The summed E-state index contributed by atoms with van der Waals surface area (Å²) in [4.78, 5) is 12.6. The maximum absolute atomic E-state index is 12.6. The van der Waals surface area contributed by atoms with Gasteiger partial charge in [-0.3, -0.25) is 4.79 Å². The number of hydrogen-bond donors (Lipinski definition) is 2. The lowest BCUT2D eigenvalue weighted by Gasteiger charge is -2.26. The topological polar surface area (TPSA) is 111 Å². The summed E-state index contributed by atoms with van der Waals surface area (Å²) in [5.41, 5.74) is 1.38. The molecule has 0 bridgehead atoms. The highest BCUT2D eigenvalue weighted by Gasteiger charge is 2.28. The van der Waals surface area contributed by atoms with Gasteiger partial charge in [0.05, 0.1) is 5.69 Å². The van der Waals surface area contributed by atoms with Crippen molar-refractivity contribution in [2.75, 3.05) is 18.5 Å². The Kier molecular flexibility index (Phi) is 8.47. The molecule has 1 aliphatic rings. The fourth-order valence-corrected chi connectivity index (χ4v) is 3.49. The lowest BCUT2D eigenvalue weighted by Crippen LogP contribution is -2.24. The van der Waals surface area contributed by atoms with Gasteiger partial charge in [0.25, 0.3) is 0 Å². The molecule has 0 radical (unpaired) electrons. The first-order valence-electron chi connectivity index (χ1n) is 11.8. The van der Waals surface area contributed by atoms with Gasteiger partial charge in [-0.2, -0.15) is 5.21 Å². The van der Waals surface area contributed by atoms with Crippen molar-refractivity contribution in [2.45, 2.75) is 38.7 Å². The van der Waals surface area contributed by atoms with E-state index in [-0.39, 0.29) is 12.5 Å². The van der Waals surface area contributed by atoms with E-state index in [4.69, 9.17) is 14.2 Å². The molecule has 1 aliphatic heterocycles. The van der Waals surface area contributed by atoms with Crippen molar-refractivity contribution in [1.82, 2.24) is 20.6 Å². The summed E-state index contributed by atoms with van der Waals surface area (Å²) in [7, 11) is 0. The molecule has 3 aromatic rings. The minimum Gasteiger partial charge on any atom is -0.490 e. The Morgan fingerprint density at radius 2 is 2.09 bits per heavy atom. The highest BCUT2D eigenvalue weighted by molar-refractivity contribution is 6.03. The number of carbonyl (C=O) groups is 1. The van der Waals surface area contributed by atoms with Crippen molar-refractivity contribution in [3.05, 3.63) is 72.1 Å². The van der Waals surface area contributed by atoms with Crippen molar-refractivity contribution in [1.29, 1.82) is 0 Å². The molecule has 1 unspecified atom stereocenters. The van der Waals surface area contributed by atoms with Crippen LogP contribution in [0.2, 0.25) is 0 Å². The molecule has 0 aliphatic carbocycles. The van der Waals surface area contributed by atoms with E-state index < -0.39 is 6.10 Å². The van der Waals surface area contributed by atoms with Crippen LogP contribution >= 0.6 is 0 Å². The van der Waals surface area contributed by atoms with Gasteiger partial charge in [-0.05, 0) is 48.7 Å². The molecular weight excluding hydrogens is 446 g/mol. The molecule has 0 saturated carbocycles. The number of nitrogens with one attached hydrogen (secondary N) is 2. The van der Waals surface area contributed by atoms with E-state index in [1.54, 1.807) is 24.3 Å². The summed E-state index contributed by atoms with van der Waals surface area (Å²) in [6.45, 7) is 3.00. The Bertz CT molecular complexity index is 1140. The molecule has 2 N–H and O–H groups in total. The van der Waals surface area contributed by atoms with Gasteiger partial charge < -0.3 is 19.5 Å². The average Bonchev–Trinajstić information content (AvgIpc) is 3.43. The third-order valence-electron chi connectivity index (χ3n) is 5.33. The van der Waals surface area contributed by atoms with Crippen LogP contribution in [0, 0.1) is 0 Å². The maximum atomic E-state index is 12.6. The molecule has 182 valence electrons. The summed E-state index contributed by atoms with van der Waals surface area (Å²) >= 11 is 0. The quantitative estimate of drug-likeness (QED) is 0.231. The molecule has 9 nitrogen and oxygen atoms in total. The minimum atomic E-state index is -0.521. The molecule has 1 amide bonds. The standard InChI is InChI=1S/C26H29N5O4/c1-2-3-4-5-6-7-17-33-20-14-11-19(12-15-20)13-16-24(32)27-21-9-8-10-22-25(21)35-23(18-34-22)26-28-30-31-29-26/h6-16,23H,2-5,17-18H2,1H3,(H,27,32)(H,28,29,30,31). The number of hydrogen-bond acceptors (Lipinski definition) is 7. The summed E-state index contributed by atoms with van der Waals surface area (Å²) in [5, 5.41) is 16.7. The van der Waals surface area contributed by atoms with Crippen molar-refractivity contribution >= 4 is 17.7 Å². The number of rotatable bonds is 11. The van der Waals surface area contributed by atoms with Crippen LogP contribution in [0.5, 0.6) is 17.2 Å². The van der Waals surface area contributed by atoms with Crippen LogP contribution in [0.3, 0.4) is 0 Å². The van der Waals surface area contributed by atoms with Gasteiger partial charge in [0.1, 0.15) is 19.0 Å². The van der Waals surface area contributed by atoms with Crippen molar-refractivity contribution in [2.24, 2.45) is 0 Å². The number of unbranched alkanes of at least 4 members (excludes halogenated alkanes) is 3. The molecule has 2 aromatic carbocycles. The zero-order valence-corrected chi connectivity index (χ0v) is 19.6. The van der Waals surface area contributed by atoms with Crippen LogP contribution in [-0.4, -0.2) is 39.7 Å². The molecule has 0 fully saturated rings. The van der Waals surface area contributed by atoms with Gasteiger partial charge in [0.15, 0.2) is 17.6 Å². The van der Waals surface area contributed by atoms with Gasteiger partial charge in [-0.1, -0.05) is 55.3 Å². The largest absolute Gasteiger partial charge is 0.490 e. The molecule has 35 heavy (non-hydrogen) atoms. The van der Waals surface area contributed by atoms with Crippen LogP contribution in [-0.2, 0) is 4.79 Å². The second kappa shape index (κ2) is 12.4. The van der Waals surface area contributed by atoms with Crippen LogP contribution < -0.4 is 19.5 Å². The van der Waals surface area contributed by atoms with Crippen molar-refractivity contribution in [3.63, 3.8) is 0 Å². The van der Waals surface area contributed by atoms with Gasteiger partial charge >= 0.3 is 0 Å². The molecular formula is C26H29N5O4. The lowest BCUT2D eigenvalue weighted by atomic mass is 10.2. The summed E-state index contributed by atoms with van der Waals surface area (Å²) in [6, 6.07) is 12.9. The minimum absolute atomic E-state index is 0.249. The van der Waals surface area contributed by atoms with Gasteiger partial charge in [-0.15, -0.1) is 10.2 Å². The Hall–Kier alpha value is -4.14. The normalized spacial score (nSPS) is 14.9. The number of fused-ring (bicyclic) bond motifs is 1. The van der Waals surface area contributed by atoms with E-state index in [1.807, 2.05) is 24.3 Å². The van der Waals surface area contributed by atoms with E-state index in [0.29, 0.717) is 29.6 Å². The zero-order valence-electron chi connectivity index (χ0n) is 19.6. The van der Waals surface area contributed by atoms with Crippen LogP contribution in [0.25, 0.3) is 6.08 Å². The SMILES string of the molecule is CCCCCC=CCOc1ccc(C=CC(=O)Nc2cccc3c2OC(c2nn[nH]n2)CO3)cc1. The predicted molar refractivity (Wildman–Crippen MR) is 132 cm³/mol. The predicted octanol–water partition coefficient (Wildman–Crippen LogP) is 4.88. The number of aromatic amines is 1. The van der Waals surface area contributed by atoms with E-state index in [2.05, 4.69) is 45.0 Å². The summed E-state index contributed by atoms with van der Waals surface area (Å²) in [6.07, 6.45) is 11.7. The first-order chi connectivity index (χ1) is 17.2. The number of ether oxygens (including phenoxy) is 3. The van der Waals surface area contributed by atoms with E-state index in [9.17, 15) is 4.79 Å². The fraction of sp³-hybridized carbons (Fsp3) is 0.308. The first kappa shape index (κ1) is 24.0. The van der Waals surface area contributed by atoms with E-state index >= 15 is 0 Å². The second-order valence-electron chi connectivity index (χ2n) is 7.99. The van der Waals surface area contributed by atoms with Crippen molar-refractivity contribution in [3.8, 4) is 17.2 Å². The number of para-hydroxylation sites is 1. The number of allylic oxidation sites excluding steroid dienone is 1. The highest BCUT2D eigenvalue weighted by atomic mass is 16.6. The van der Waals surface area contributed by atoms with Crippen LogP contribution in [0.4, 0.5) is 5.69 Å². The molecule has 2 heterocycles. The fourth-order valence-electron chi connectivity index (χ4n) is 3.49. The first-order valence-corrected chi connectivity index (χ1v) is 11.8. The van der Waals surface area contributed by atoms with Gasteiger partial charge in [0.2, 0.25) is 11.7 Å². The third-order valence-corrected chi connectivity index (χ3v) is 5.33. The number of aromatic nitrogens is 4. The second-order valence-corrected chi connectivity index (χ2v) is 7.99. The number of anilines is 1. The number of benzene rings is 2. The Morgan fingerprint density at radius 1 is 1.20 bits per heavy atom.